The molecule has 8 heteroatoms. The van der Waals surface area contributed by atoms with Crippen LogP contribution in [0.15, 0.2) is 12.2 Å². The van der Waals surface area contributed by atoms with Gasteiger partial charge in [0, 0.05) is 11.0 Å². The Labute approximate surface area is 137 Å². The highest BCUT2D eigenvalue weighted by Crippen LogP contribution is 2.18. The standard InChI is InChI=1S/C7H12O4.C6H14O3.C2H4O/c1-5(2)7(10)11-4-6(9)3-8;1-2-6(3-7,4-8)5-9;1-2-3-1/h6,8-9H,1,3-4H2,2H3;7-9H,2-5H2,1H3;1-2H2. The normalized spacial score (nSPS) is 13.7. The number of aliphatic hydroxyl groups excluding tert-OH is 5. The van der Waals surface area contributed by atoms with E-state index in [2.05, 4.69) is 16.1 Å². The van der Waals surface area contributed by atoms with E-state index in [4.69, 9.17) is 25.5 Å². The zero-order valence-electron chi connectivity index (χ0n) is 13.9. The van der Waals surface area contributed by atoms with Gasteiger partial charge >= 0.3 is 5.97 Å². The Morgan fingerprint density at radius 3 is 1.83 bits per heavy atom. The maximum absolute atomic E-state index is 10.6. The van der Waals surface area contributed by atoms with Gasteiger partial charge in [0.15, 0.2) is 0 Å². The monoisotopic (exact) mass is 338 g/mol. The highest BCUT2D eigenvalue weighted by atomic mass is 16.6. The van der Waals surface area contributed by atoms with Gasteiger partial charge in [-0.15, -0.1) is 0 Å². The lowest BCUT2D eigenvalue weighted by molar-refractivity contribution is -0.142. The van der Waals surface area contributed by atoms with Crippen LogP contribution in [0.25, 0.3) is 0 Å². The average molecular weight is 338 g/mol. The minimum Gasteiger partial charge on any atom is -0.460 e. The molecule has 1 unspecified atom stereocenters. The van der Waals surface area contributed by atoms with E-state index in [1.807, 2.05) is 6.92 Å². The van der Waals surface area contributed by atoms with Gasteiger partial charge in [0.1, 0.15) is 12.7 Å². The summed E-state index contributed by atoms with van der Waals surface area (Å²) in [6.45, 7) is 7.60. The summed E-state index contributed by atoms with van der Waals surface area (Å²) in [6, 6.07) is 0. The molecule has 8 nitrogen and oxygen atoms in total. The van der Waals surface area contributed by atoms with E-state index in [9.17, 15) is 4.79 Å². The molecule has 1 fully saturated rings. The summed E-state index contributed by atoms with van der Waals surface area (Å²) in [6.07, 6.45) is -0.408. The van der Waals surface area contributed by atoms with Crippen LogP contribution in [-0.2, 0) is 14.3 Å². The Kier molecular flexibility index (Phi) is 15.3. The predicted octanol–water partition coefficient (Wildman–Crippen LogP) is -1.16. The summed E-state index contributed by atoms with van der Waals surface area (Å²) in [5.41, 5.74) is -0.393. The molecule has 5 N–H and O–H groups in total. The summed E-state index contributed by atoms with van der Waals surface area (Å²) in [7, 11) is 0. The first-order valence-corrected chi connectivity index (χ1v) is 7.34. The molecular weight excluding hydrogens is 308 g/mol. The van der Waals surface area contributed by atoms with Crippen LogP contribution in [0.2, 0.25) is 0 Å². The van der Waals surface area contributed by atoms with Gasteiger partial charge in [-0.2, -0.15) is 0 Å². The number of epoxide rings is 1. The number of ether oxygens (including phenoxy) is 2. The van der Waals surface area contributed by atoms with Crippen LogP contribution in [0, 0.1) is 5.41 Å². The predicted molar refractivity (Wildman–Crippen MR) is 83.7 cm³/mol. The van der Waals surface area contributed by atoms with Gasteiger partial charge in [0.05, 0.1) is 39.6 Å². The topological polar surface area (TPSA) is 140 Å². The van der Waals surface area contributed by atoms with Crippen molar-refractivity contribution in [3.8, 4) is 0 Å². The lowest BCUT2D eigenvalue weighted by atomic mass is 9.88. The second kappa shape index (κ2) is 14.6. The van der Waals surface area contributed by atoms with Crippen molar-refractivity contribution in [3.63, 3.8) is 0 Å². The second-order valence-electron chi connectivity index (χ2n) is 5.16. The largest absolute Gasteiger partial charge is 0.460 e. The van der Waals surface area contributed by atoms with Crippen molar-refractivity contribution < 1.29 is 39.8 Å². The molecule has 0 aromatic heterocycles. The molecule has 138 valence electrons. The number of hydrogen-bond donors (Lipinski definition) is 5. The van der Waals surface area contributed by atoms with Crippen LogP contribution in [0.3, 0.4) is 0 Å². The SMILES string of the molecule is C1CO1.C=C(C)C(=O)OCC(O)CO.CCC(CO)(CO)CO. The van der Waals surface area contributed by atoms with Crippen molar-refractivity contribution in [2.45, 2.75) is 26.4 Å². The summed E-state index contributed by atoms with van der Waals surface area (Å²) in [5, 5.41) is 43.0. The van der Waals surface area contributed by atoms with E-state index >= 15 is 0 Å². The number of carbonyl (C=O) groups excluding carboxylic acids is 1. The molecule has 1 heterocycles. The van der Waals surface area contributed by atoms with E-state index in [0.29, 0.717) is 6.42 Å². The molecule has 0 bridgehead atoms. The average Bonchev–Trinajstić information content (AvgIpc) is 3.44. The van der Waals surface area contributed by atoms with Crippen molar-refractivity contribution >= 4 is 5.97 Å². The highest BCUT2D eigenvalue weighted by Gasteiger charge is 2.24. The molecule has 0 spiro atoms. The molecule has 23 heavy (non-hydrogen) atoms. The maximum Gasteiger partial charge on any atom is 0.333 e. The minimum atomic E-state index is -1.00. The van der Waals surface area contributed by atoms with Gasteiger partial charge < -0.3 is 35.0 Å². The molecule has 1 saturated heterocycles. The number of aliphatic hydroxyl groups is 5. The minimum absolute atomic E-state index is 0.156. The van der Waals surface area contributed by atoms with Gasteiger partial charge in [-0.25, -0.2) is 4.79 Å². The number of hydrogen-bond acceptors (Lipinski definition) is 8. The molecule has 0 saturated carbocycles. The quantitative estimate of drug-likeness (QED) is 0.212. The van der Waals surface area contributed by atoms with Crippen LogP contribution in [0.4, 0.5) is 0 Å². The van der Waals surface area contributed by atoms with Gasteiger partial charge in [0.25, 0.3) is 0 Å². The molecule has 0 aliphatic carbocycles. The molecule has 1 atom stereocenters. The van der Waals surface area contributed by atoms with Crippen molar-refractivity contribution in [2.75, 3.05) is 46.2 Å². The van der Waals surface area contributed by atoms with E-state index in [1.54, 1.807) is 0 Å². The third kappa shape index (κ3) is 14.3. The van der Waals surface area contributed by atoms with Crippen LogP contribution >= 0.6 is 0 Å². The first kappa shape index (κ1) is 24.2. The van der Waals surface area contributed by atoms with E-state index < -0.39 is 24.1 Å². The van der Waals surface area contributed by atoms with Crippen molar-refractivity contribution in [1.29, 1.82) is 0 Å². The molecule has 0 radical (unpaired) electrons. The summed E-state index contributed by atoms with van der Waals surface area (Å²) in [5.74, 6) is -0.558. The Balaban J connectivity index is 0. The number of esters is 1. The number of carbonyl (C=O) groups is 1. The molecule has 0 amide bonds. The molecule has 1 aliphatic rings. The zero-order chi connectivity index (χ0) is 18.3. The van der Waals surface area contributed by atoms with Crippen LogP contribution in [-0.4, -0.2) is 83.9 Å². The Morgan fingerprint density at radius 2 is 1.65 bits per heavy atom. The third-order valence-electron chi connectivity index (χ3n) is 2.93. The van der Waals surface area contributed by atoms with Crippen LogP contribution in [0.5, 0.6) is 0 Å². The Morgan fingerprint density at radius 1 is 1.22 bits per heavy atom. The Hall–Kier alpha value is -1.03. The molecular formula is C15H30O8. The maximum atomic E-state index is 10.6. The van der Waals surface area contributed by atoms with Crippen LogP contribution < -0.4 is 0 Å². The number of rotatable bonds is 8. The van der Waals surface area contributed by atoms with Crippen molar-refractivity contribution in [3.05, 3.63) is 12.2 Å². The van der Waals surface area contributed by atoms with Crippen LogP contribution in [0.1, 0.15) is 20.3 Å². The highest BCUT2D eigenvalue weighted by molar-refractivity contribution is 5.86. The van der Waals surface area contributed by atoms with E-state index in [0.717, 1.165) is 13.2 Å². The van der Waals surface area contributed by atoms with Gasteiger partial charge in [-0.05, 0) is 13.3 Å². The fourth-order valence-electron chi connectivity index (χ4n) is 0.833. The summed E-state index contributed by atoms with van der Waals surface area (Å²) < 4.78 is 9.01. The van der Waals surface area contributed by atoms with Gasteiger partial charge in [-0.3, -0.25) is 0 Å². The zero-order valence-corrected chi connectivity index (χ0v) is 13.9. The van der Waals surface area contributed by atoms with Crippen molar-refractivity contribution in [2.24, 2.45) is 5.41 Å². The first-order chi connectivity index (χ1) is 10.8. The second-order valence-corrected chi connectivity index (χ2v) is 5.16. The molecule has 1 rings (SSSR count). The summed E-state index contributed by atoms with van der Waals surface area (Å²) >= 11 is 0. The lowest BCUT2D eigenvalue weighted by Crippen LogP contribution is -2.32. The third-order valence-corrected chi connectivity index (χ3v) is 2.93. The van der Waals surface area contributed by atoms with Gasteiger partial charge in [0.2, 0.25) is 0 Å². The molecule has 0 aromatic rings. The summed E-state index contributed by atoms with van der Waals surface area (Å²) in [4.78, 5) is 10.6. The van der Waals surface area contributed by atoms with Gasteiger partial charge in [-0.1, -0.05) is 13.5 Å². The van der Waals surface area contributed by atoms with E-state index in [-0.39, 0.29) is 32.0 Å². The van der Waals surface area contributed by atoms with E-state index in [1.165, 1.54) is 6.92 Å². The fraction of sp³-hybridized carbons (Fsp3) is 0.800. The van der Waals surface area contributed by atoms with Crippen molar-refractivity contribution in [1.82, 2.24) is 0 Å². The smallest absolute Gasteiger partial charge is 0.333 e. The Bertz CT molecular complexity index is 292. The first-order valence-electron chi connectivity index (χ1n) is 7.34. The molecule has 1 aliphatic heterocycles. The molecule has 0 aromatic carbocycles. The lowest BCUT2D eigenvalue weighted by Gasteiger charge is -2.24. The fourth-order valence-corrected chi connectivity index (χ4v) is 0.833.